The van der Waals surface area contributed by atoms with Crippen molar-refractivity contribution in [3.8, 4) is 11.5 Å². The van der Waals surface area contributed by atoms with Crippen LogP contribution in [-0.2, 0) is 6.42 Å². The molecule has 2 rings (SSSR count). The van der Waals surface area contributed by atoms with Crippen molar-refractivity contribution in [3.05, 3.63) is 47.3 Å². The lowest BCUT2D eigenvalue weighted by Gasteiger charge is -2.39. The van der Waals surface area contributed by atoms with E-state index in [9.17, 15) is 10.1 Å². The van der Waals surface area contributed by atoms with Crippen LogP contribution in [0.25, 0.3) is 0 Å². The van der Waals surface area contributed by atoms with E-state index in [0.29, 0.717) is 25.0 Å². The third-order valence-corrected chi connectivity index (χ3v) is 4.34. The third kappa shape index (κ3) is 5.44. The SMILES string of the molecule is CB(O)CCc1ccc(OC2CN(C/C(N)=C/C=C\N)C2)c(C)c1O. The van der Waals surface area contributed by atoms with Crippen LogP contribution in [0, 0.1) is 6.92 Å². The molecule has 0 amide bonds. The average molecular weight is 345 g/mol. The number of hydrogen-bond donors (Lipinski definition) is 4. The first-order valence-electron chi connectivity index (χ1n) is 8.62. The molecule has 6 N–H and O–H groups in total. The van der Waals surface area contributed by atoms with E-state index in [1.165, 1.54) is 6.20 Å². The molecule has 1 heterocycles. The molecule has 1 aliphatic heterocycles. The highest BCUT2D eigenvalue weighted by molar-refractivity contribution is 6.48. The van der Waals surface area contributed by atoms with Gasteiger partial charge in [0.1, 0.15) is 17.6 Å². The molecule has 136 valence electrons. The van der Waals surface area contributed by atoms with Gasteiger partial charge in [0, 0.05) is 30.9 Å². The second kappa shape index (κ2) is 8.83. The number of aromatic hydroxyl groups is 1. The number of benzene rings is 1. The zero-order chi connectivity index (χ0) is 18.4. The van der Waals surface area contributed by atoms with Crippen LogP contribution in [0.3, 0.4) is 0 Å². The topological polar surface area (TPSA) is 105 Å². The fraction of sp³-hybridized carbons (Fsp3) is 0.444. The zero-order valence-electron chi connectivity index (χ0n) is 15.0. The van der Waals surface area contributed by atoms with Crippen molar-refractivity contribution in [2.75, 3.05) is 19.6 Å². The highest BCUT2D eigenvalue weighted by atomic mass is 16.5. The van der Waals surface area contributed by atoms with Gasteiger partial charge in [-0.3, -0.25) is 4.90 Å². The molecule has 1 aromatic carbocycles. The summed E-state index contributed by atoms with van der Waals surface area (Å²) in [5.41, 5.74) is 13.5. The maximum absolute atomic E-state index is 10.3. The summed E-state index contributed by atoms with van der Waals surface area (Å²) in [6.07, 6.45) is 6.33. The maximum Gasteiger partial charge on any atom is 0.286 e. The van der Waals surface area contributed by atoms with E-state index >= 15 is 0 Å². The molecule has 1 aromatic rings. The van der Waals surface area contributed by atoms with Gasteiger partial charge in [-0.15, -0.1) is 0 Å². The van der Waals surface area contributed by atoms with Crippen molar-refractivity contribution in [2.24, 2.45) is 11.5 Å². The summed E-state index contributed by atoms with van der Waals surface area (Å²) in [6, 6.07) is 3.77. The van der Waals surface area contributed by atoms with Crippen LogP contribution in [0.1, 0.15) is 11.1 Å². The molecule has 0 saturated carbocycles. The van der Waals surface area contributed by atoms with Crippen LogP contribution in [0.4, 0.5) is 0 Å². The molecule has 1 fully saturated rings. The van der Waals surface area contributed by atoms with Crippen molar-refractivity contribution < 1.29 is 14.9 Å². The Bertz CT molecular complexity index is 641. The summed E-state index contributed by atoms with van der Waals surface area (Å²) >= 11 is 0. The first-order chi connectivity index (χ1) is 11.9. The van der Waals surface area contributed by atoms with Gasteiger partial charge in [-0.1, -0.05) is 12.9 Å². The summed E-state index contributed by atoms with van der Waals surface area (Å²) < 4.78 is 5.99. The number of nitrogens with zero attached hydrogens (tertiary/aromatic N) is 1. The van der Waals surface area contributed by atoms with E-state index in [2.05, 4.69) is 4.90 Å². The normalized spacial score (nSPS) is 16.2. The fourth-order valence-electron chi connectivity index (χ4n) is 2.83. The molecule has 0 radical (unpaired) electrons. The minimum atomic E-state index is -0.376. The van der Waals surface area contributed by atoms with Gasteiger partial charge < -0.3 is 26.3 Å². The van der Waals surface area contributed by atoms with E-state index in [1.54, 1.807) is 19.0 Å². The predicted octanol–water partition coefficient (Wildman–Crippen LogP) is 1.23. The number of aryl methyl sites for hydroxylation is 1. The Hall–Kier alpha value is -2.12. The molecule has 0 aromatic heterocycles. The summed E-state index contributed by atoms with van der Waals surface area (Å²) in [4.78, 5) is 2.19. The number of rotatable bonds is 8. The Kier molecular flexibility index (Phi) is 6.78. The summed E-state index contributed by atoms with van der Waals surface area (Å²) in [7, 11) is 0. The van der Waals surface area contributed by atoms with Crippen molar-refractivity contribution in [1.29, 1.82) is 0 Å². The molecule has 0 aliphatic carbocycles. The number of allylic oxidation sites excluding steroid dienone is 2. The maximum atomic E-state index is 10.3. The summed E-state index contributed by atoms with van der Waals surface area (Å²) in [5.74, 6) is 0.965. The second-order valence-corrected chi connectivity index (χ2v) is 6.64. The van der Waals surface area contributed by atoms with Gasteiger partial charge in [0.25, 0.3) is 6.92 Å². The van der Waals surface area contributed by atoms with E-state index in [-0.39, 0.29) is 18.8 Å². The minimum Gasteiger partial charge on any atom is -0.507 e. The quantitative estimate of drug-likeness (QED) is 0.417. The van der Waals surface area contributed by atoms with Crippen LogP contribution in [0.2, 0.25) is 13.1 Å². The molecule has 1 saturated heterocycles. The van der Waals surface area contributed by atoms with E-state index in [4.69, 9.17) is 16.2 Å². The number of ether oxygens (including phenoxy) is 1. The Balaban J connectivity index is 1.87. The van der Waals surface area contributed by atoms with Crippen LogP contribution < -0.4 is 16.2 Å². The lowest BCUT2D eigenvalue weighted by atomic mass is 9.66. The van der Waals surface area contributed by atoms with Crippen LogP contribution in [0.15, 0.2) is 36.2 Å². The Morgan fingerprint density at radius 2 is 2.16 bits per heavy atom. The molecule has 0 unspecified atom stereocenters. The lowest BCUT2D eigenvalue weighted by molar-refractivity contribution is 0.0257. The average Bonchev–Trinajstić information content (AvgIpc) is 2.53. The Morgan fingerprint density at radius 1 is 1.44 bits per heavy atom. The van der Waals surface area contributed by atoms with Gasteiger partial charge in [0.15, 0.2) is 0 Å². The van der Waals surface area contributed by atoms with E-state index in [1.807, 2.05) is 19.1 Å². The smallest absolute Gasteiger partial charge is 0.286 e. The first kappa shape index (κ1) is 19.2. The lowest BCUT2D eigenvalue weighted by Crippen LogP contribution is -2.54. The highest BCUT2D eigenvalue weighted by Gasteiger charge is 2.29. The fourth-order valence-corrected chi connectivity index (χ4v) is 2.83. The minimum absolute atomic E-state index is 0.0965. The van der Waals surface area contributed by atoms with Gasteiger partial charge in [-0.2, -0.15) is 0 Å². The predicted molar refractivity (Wildman–Crippen MR) is 102 cm³/mol. The first-order valence-corrected chi connectivity index (χ1v) is 8.62. The molecule has 0 atom stereocenters. The molecular formula is C18H28BN3O3. The van der Waals surface area contributed by atoms with E-state index in [0.717, 1.165) is 29.9 Å². The summed E-state index contributed by atoms with van der Waals surface area (Å²) in [5, 5.41) is 19.7. The largest absolute Gasteiger partial charge is 0.507 e. The van der Waals surface area contributed by atoms with Gasteiger partial charge in [-0.05, 0) is 49.6 Å². The van der Waals surface area contributed by atoms with Crippen molar-refractivity contribution >= 4 is 6.92 Å². The molecular weight excluding hydrogens is 317 g/mol. The summed E-state index contributed by atoms with van der Waals surface area (Å²) in [6.45, 7) is 5.51. The van der Waals surface area contributed by atoms with Crippen molar-refractivity contribution in [1.82, 2.24) is 4.90 Å². The van der Waals surface area contributed by atoms with Crippen LogP contribution in [-0.4, -0.2) is 47.7 Å². The highest BCUT2D eigenvalue weighted by Crippen LogP contribution is 2.32. The Morgan fingerprint density at radius 3 is 2.80 bits per heavy atom. The van der Waals surface area contributed by atoms with Gasteiger partial charge in [0.2, 0.25) is 0 Å². The van der Waals surface area contributed by atoms with Gasteiger partial charge in [0.05, 0.1) is 0 Å². The standard InChI is InChI=1S/C18H28BN3O3/c1-13-17(6-5-14(18(13)23)7-8-19(2)24)25-16-11-22(12-16)10-15(21)4-3-9-20/h3-6,9,16,23-24H,7-8,10-12,20-21H2,1-2H3/b9-3-,15-4-. The van der Waals surface area contributed by atoms with Crippen LogP contribution in [0.5, 0.6) is 11.5 Å². The van der Waals surface area contributed by atoms with Crippen molar-refractivity contribution in [2.45, 2.75) is 32.6 Å². The zero-order valence-corrected chi connectivity index (χ0v) is 15.0. The van der Waals surface area contributed by atoms with Crippen LogP contribution >= 0.6 is 0 Å². The molecule has 6 nitrogen and oxygen atoms in total. The van der Waals surface area contributed by atoms with Crippen molar-refractivity contribution in [3.63, 3.8) is 0 Å². The monoisotopic (exact) mass is 345 g/mol. The Labute approximate surface area is 149 Å². The second-order valence-electron chi connectivity index (χ2n) is 6.64. The number of likely N-dealkylation sites (tertiary alicyclic amines) is 1. The molecule has 0 bridgehead atoms. The molecule has 1 aliphatic rings. The third-order valence-electron chi connectivity index (χ3n) is 4.34. The number of hydrogen-bond acceptors (Lipinski definition) is 6. The van der Waals surface area contributed by atoms with Gasteiger partial charge >= 0.3 is 0 Å². The number of phenols is 1. The molecule has 0 spiro atoms. The number of nitrogens with two attached hydrogens (primary N) is 2. The molecule has 7 heteroatoms. The molecule has 25 heavy (non-hydrogen) atoms. The van der Waals surface area contributed by atoms with E-state index < -0.39 is 0 Å². The number of phenolic OH excluding ortho intramolecular Hbond substituents is 1. The van der Waals surface area contributed by atoms with Gasteiger partial charge in [-0.25, -0.2) is 0 Å².